The highest BCUT2D eigenvalue weighted by Gasteiger charge is 2.66. The summed E-state index contributed by atoms with van der Waals surface area (Å²) in [6.45, 7) is 12.7. The van der Waals surface area contributed by atoms with Gasteiger partial charge >= 0.3 is 0 Å². The largest absolute Gasteiger partial charge is 0.313 e. The smallest absolute Gasteiger partial charge is 0.137 e. The first-order valence-corrected chi connectivity index (χ1v) is 8.68. The predicted molar refractivity (Wildman–Crippen MR) is 90.9 cm³/mol. The highest BCUT2D eigenvalue weighted by molar-refractivity contribution is 9.10. The van der Waals surface area contributed by atoms with Crippen molar-refractivity contribution in [2.24, 2.45) is 16.7 Å². The fraction of sp³-hybridized carbons (Fsp3) is 0.667. The standard InChI is InChI=1S/C18H27BrFN/c1-6-9-21-15(16-17(2,3)18(16,4)5)11-12-7-8-14(20)13(19)10-12/h7-8,10,15-16,21H,6,9,11H2,1-5H3. The van der Waals surface area contributed by atoms with E-state index in [1.165, 1.54) is 5.56 Å². The van der Waals surface area contributed by atoms with Crippen molar-refractivity contribution in [3.8, 4) is 0 Å². The second kappa shape index (κ2) is 6.00. The minimum Gasteiger partial charge on any atom is -0.313 e. The fourth-order valence-corrected chi connectivity index (χ4v) is 4.24. The molecule has 1 unspecified atom stereocenters. The van der Waals surface area contributed by atoms with Crippen LogP contribution in [0.15, 0.2) is 22.7 Å². The van der Waals surface area contributed by atoms with Gasteiger partial charge in [0.15, 0.2) is 0 Å². The van der Waals surface area contributed by atoms with Crippen LogP contribution in [0.3, 0.4) is 0 Å². The molecule has 0 bridgehead atoms. The molecular formula is C18H27BrFN. The summed E-state index contributed by atoms with van der Waals surface area (Å²) in [6.07, 6.45) is 2.09. The number of halogens is 2. The van der Waals surface area contributed by atoms with Gasteiger partial charge < -0.3 is 5.32 Å². The zero-order chi connectivity index (χ0) is 15.8. The SMILES string of the molecule is CCCNC(Cc1ccc(F)c(Br)c1)C1C(C)(C)C1(C)C. The lowest BCUT2D eigenvalue weighted by Gasteiger charge is -2.21. The van der Waals surface area contributed by atoms with Gasteiger partial charge in [0.25, 0.3) is 0 Å². The summed E-state index contributed by atoms with van der Waals surface area (Å²) < 4.78 is 14.0. The van der Waals surface area contributed by atoms with Crippen LogP contribution in [0.5, 0.6) is 0 Å². The van der Waals surface area contributed by atoms with Crippen molar-refractivity contribution in [2.75, 3.05) is 6.54 Å². The monoisotopic (exact) mass is 355 g/mol. The molecule has 1 saturated carbocycles. The van der Waals surface area contributed by atoms with Gasteiger partial charge in [0.2, 0.25) is 0 Å². The Morgan fingerprint density at radius 2 is 1.86 bits per heavy atom. The van der Waals surface area contributed by atoms with E-state index >= 15 is 0 Å². The molecule has 0 amide bonds. The number of rotatable bonds is 6. The van der Waals surface area contributed by atoms with E-state index in [-0.39, 0.29) is 5.82 Å². The van der Waals surface area contributed by atoms with Gasteiger partial charge in [-0.15, -0.1) is 0 Å². The first-order chi connectivity index (χ1) is 9.71. The van der Waals surface area contributed by atoms with Crippen LogP contribution in [0.2, 0.25) is 0 Å². The van der Waals surface area contributed by atoms with Crippen molar-refractivity contribution < 1.29 is 4.39 Å². The van der Waals surface area contributed by atoms with Crippen molar-refractivity contribution in [2.45, 2.75) is 53.5 Å². The van der Waals surface area contributed by atoms with E-state index in [0.717, 1.165) is 19.4 Å². The Kier molecular flexibility index (Phi) is 4.84. The number of hydrogen-bond acceptors (Lipinski definition) is 1. The Labute approximate surface area is 136 Å². The van der Waals surface area contributed by atoms with Crippen molar-refractivity contribution >= 4 is 15.9 Å². The molecule has 2 rings (SSSR count). The Balaban J connectivity index is 2.16. The van der Waals surface area contributed by atoms with E-state index in [1.54, 1.807) is 6.07 Å². The van der Waals surface area contributed by atoms with Crippen molar-refractivity contribution in [1.29, 1.82) is 0 Å². The molecule has 1 nitrogen and oxygen atoms in total. The quantitative estimate of drug-likeness (QED) is 0.740. The first-order valence-electron chi connectivity index (χ1n) is 7.89. The second-order valence-electron chi connectivity index (χ2n) is 7.43. The highest BCUT2D eigenvalue weighted by Crippen LogP contribution is 2.69. The van der Waals surface area contributed by atoms with Gasteiger partial charge in [-0.2, -0.15) is 0 Å². The third-order valence-electron chi connectivity index (χ3n) is 5.63. The molecule has 1 aromatic carbocycles. The molecule has 3 heteroatoms. The summed E-state index contributed by atoms with van der Waals surface area (Å²) in [5.74, 6) is 0.462. The zero-order valence-electron chi connectivity index (χ0n) is 13.8. The average Bonchev–Trinajstić information content (AvgIpc) is 2.80. The van der Waals surface area contributed by atoms with E-state index in [2.05, 4.69) is 55.9 Å². The maximum absolute atomic E-state index is 13.4. The third-order valence-corrected chi connectivity index (χ3v) is 6.24. The van der Waals surface area contributed by atoms with E-state index in [1.807, 2.05) is 12.1 Å². The lowest BCUT2D eigenvalue weighted by molar-refractivity contribution is 0.395. The van der Waals surface area contributed by atoms with Crippen LogP contribution in [-0.4, -0.2) is 12.6 Å². The van der Waals surface area contributed by atoms with Crippen LogP contribution in [0, 0.1) is 22.6 Å². The summed E-state index contributed by atoms with van der Waals surface area (Å²) in [4.78, 5) is 0. The molecule has 1 aliphatic rings. The van der Waals surface area contributed by atoms with E-state index < -0.39 is 0 Å². The molecule has 1 aliphatic carbocycles. The summed E-state index contributed by atoms with van der Waals surface area (Å²) >= 11 is 3.29. The van der Waals surface area contributed by atoms with Gasteiger partial charge in [0.1, 0.15) is 5.82 Å². The second-order valence-corrected chi connectivity index (χ2v) is 8.29. The Hall–Kier alpha value is -0.410. The average molecular weight is 356 g/mol. The number of hydrogen-bond donors (Lipinski definition) is 1. The molecular weight excluding hydrogens is 329 g/mol. The molecule has 1 atom stereocenters. The minimum absolute atomic E-state index is 0.191. The Bertz CT molecular complexity index is 496. The molecule has 0 heterocycles. The molecule has 21 heavy (non-hydrogen) atoms. The predicted octanol–water partition coefficient (Wildman–Crippen LogP) is 5.18. The Morgan fingerprint density at radius 1 is 1.24 bits per heavy atom. The van der Waals surface area contributed by atoms with Crippen LogP contribution in [-0.2, 0) is 6.42 Å². The van der Waals surface area contributed by atoms with Gasteiger partial charge in [-0.25, -0.2) is 4.39 Å². The lowest BCUT2D eigenvalue weighted by Crippen LogP contribution is -2.36. The topological polar surface area (TPSA) is 12.0 Å². The summed E-state index contributed by atoms with van der Waals surface area (Å²) in [5, 5.41) is 3.72. The molecule has 0 radical (unpaired) electrons. The molecule has 1 aromatic rings. The van der Waals surface area contributed by atoms with Crippen LogP contribution in [0.25, 0.3) is 0 Å². The van der Waals surface area contributed by atoms with Crippen LogP contribution < -0.4 is 5.32 Å². The van der Waals surface area contributed by atoms with Gasteiger partial charge in [-0.3, -0.25) is 0 Å². The zero-order valence-corrected chi connectivity index (χ0v) is 15.3. The highest BCUT2D eigenvalue weighted by atomic mass is 79.9. The molecule has 1 N–H and O–H groups in total. The maximum atomic E-state index is 13.4. The fourth-order valence-electron chi connectivity index (χ4n) is 3.81. The Morgan fingerprint density at radius 3 is 2.33 bits per heavy atom. The summed E-state index contributed by atoms with van der Waals surface area (Å²) in [5.41, 5.74) is 1.90. The molecule has 0 spiro atoms. The molecule has 1 fully saturated rings. The van der Waals surface area contributed by atoms with E-state index in [4.69, 9.17) is 0 Å². The van der Waals surface area contributed by atoms with Crippen LogP contribution in [0.4, 0.5) is 4.39 Å². The van der Waals surface area contributed by atoms with Crippen LogP contribution in [0.1, 0.15) is 46.6 Å². The molecule has 0 aliphatic heterocycles. The lowest BCUT2D eigenvalue weighted by atomic mass is 9.96. The van der Waals surface area contributed by atoms with Crippen molar-refractivity contribution in [3.63, 3.8) is 0 Å². The summed E-state index contributed by atoms with van der Waals surface area (Å²) in [6, 6.07) is 5.83. The molecule has 0 aromatic heterocycles. The number of benzene rings is 1. The van der Waals surface area contributed by atoms with Crippen molar-refractivity contribution in [1.82, 2.24) is 5.32 Å². The van der Waals surface area contributed by atoms with Crippen molar-refractivity contribution in [3.05, 3.63) is 34.1 Å². The van der Waals surface area contributed by atoms with Gasteiger partial charge in [0, 0.05) is 6.04 Å². The van der Waals surface area contributed by atoms with Gasteiger partial charge in [0.05, 0.1) is 4.47 Å². The number of nitrogens with one attached hydrogen (secondary N) is 1. The van der Waals surface area contributed by atoms with Gasteiger partial charge in [-0.05, 0) is 69.8 Å². The molecule has 0 saturated heterocycles. The first kappa shape index (κ1) is 17.0. The molecule has 118 valence electrons. The van der Waals surface area contributed by atoms with Crippen LogP contribution >= 0.6 is 15.9 Å². The third kappa shape index (κ3) is 3.19. The summed E-state index contributed by atoms with van der Waals surface area (Å²) in [7, 11) is 0. The van der Waals surface area contributed by atoms with E-state index in [9.17, 15) is 4.39 Å². The normalized spacial score (nSPS) is 21.3. The maximum Gasteiger partial charge on any atom is 0.137 e. The minimum atomic E-state index is -0.191. The van der Waals surface area contributed by atoms with E-state index in [0.29, 0.717) is 27.3 Å². The van der Waals surface area contributed by atoms with Gasteiger partial charge in [-0.1, -0.05) is 40.7 Å².